The topological polar surface area (TPSA) is 77.8 Å². The molecule has 0 radical (unpaired) electrons. The molecule has 0 bridgehead atoms. The molecular formula is C17H19NO4S. The molecule has 2 aromatic rings. The number of aliphatic hydroxyl groups excluding tert-OH is 2. The van der Waals surface area contributed by atoms with Gasteiger partial charge in [0.15, 0.2) is 0 Å². The quantitative estimate of drug-likeness (QED) is 0.891. The van der Waals surface area contributed by atoms with E-state index in [1.807, 2.05) is 13.0 Å². The Morgan fingerprint density at radius 1 is 1.00 bits per heavy atom. The van der Waals surface area contributed by atoms with Gasteiger partial charge in [-0.15, -0.1) is 0 Å². The van der Waals surface area contributed by atoms with Gasteiger partial charge in [-0.2, -0.15) is 4.31 Å². The molecule has 1 saturated heterocycles. The molecule has 2 N–H and O–H groups in total. The largest absolute Gasteiger partial charge is 0.389 e. The minimum Gasteiger partial charge on any atom is -0.389 e. The van der Waals surface area contributed by atoms with Gasteiger partial charge >= 0.3 is 0 Å². The van der Waals surface area contributed by atoms with E-state index in [1.54, 1.807) is 48.5 Å². The number of hydrogen-bond donors (Lipinski definition) is 2. The Bertz CT molecular complexity index is 774. The summed E-state index contributed by atoms with van der Waals surface area (Å²) >= 11 is 0. The summed E-state index contributed by atoms with van der Waals surface area (Å²) in [5, 5.41) is 20.3. The number of aryl methyl sites for hydroxylation is 1. The average molecular weight is 333 g/mol. The molecular weight excluding hydrogens is 314 g/mol. The molecule has 1 heterocycles. The summed E-state index contributed by atoms with van der Waals surface area (Å²) in [6, 6.07) is 14.6. The molecule has 0 amide bonds. The van der Waals surface area contributed by atoms with Gasteiger partial charge in [-0.1, -0.05) is 48.0 Å². The zero-order valence-corrected chi connectivity index (χ0v) is 13.5. The van der Waals surface area contributed by atoms with Crippen LogP contribution in [0.2, 0.25) is 0 Å². The molecule has 0 aromatic heterocycles. The first kappa shape index (κ1) is 16.1. The first-order valence-electron chi connectivity index (χ1n) is 7.41. The molecule has 1 fully saturated rings. The van der Waals surface area contributed by atoms with Gasteiger partial charge in [-0.25, -0.2) is 8.42 Å². The Kier molecular flexibility index (Phi) is 4.25. The molecule has 0 aliphatic carbocycles. The first-order valence-corrected chi connectivity index (χ1v) is 8.85. The van der Waals surface area contributed by atoms with Crippen LogP contribution in [-0.4, -0.2) is 41.7 Å². The number of rotatable bonds is 3. The standard InChI is InChI=1S/C17H19NO4S/c1-12-7-9-14(10-8-12)23(21,22)18-11-15(19)17(20)16(18)13-5-3-2-4-6-13/h2-10,15-17,19-20H,11H2,1H3/t15-,16+,17-/m0/s1. The van der Waals surface area contributed by atoms with Crippen molar-refractivity contribution < 1.29 is 18.6 Å². The van der Waals surface area contributed by atoms with Crippen LogP contribution < -0.4 is 0 Å². The van der Waals surface area contributed by atoms with E-state index in [1.165, 1.54) is 4.31 Å². The van der Waals surface area contributed by atoms with Crippen molar-refractivity contribution in [3.63, 3.8) is 0 Å². The summed E-state index contributed by atoms with van der Waals surface area (Å²) in [7, 11) is -3.81. The van der Waals surface area contributed by atoms with Crippen LogP contribution in [0.1, 0.15) is 17.2 Å². The van der Waals surface area contributed by atoms with Crippen molar-refractivity contribution >= 4 is 10.0 Å². The lowest BCUT2D eigenvalue weighted by atomic mass is 10.0. The maximum atomic E-state index is 12.9. The van der Waals surface area contributed by atoms with Crippen LogP contribution in [0.4, 0.5) is 0 Å². The number of sulfonamides is 1. The second-order valence-corrected chi connectivity index (χ2v) is 7.69. The molecule has 0 saturated carbocycles. The van der Waals surface area contributed by atoms with E-state index in [4.69, 9.17) is 0 Å². The lowest BCUT2D eigenvalue weighted by Crippen LogP contribution is -2.33. The molecule has 122 valence electrons. The molecule has 23 heavy (non-hydrogen) atoms. The van der Waals surface area contributed by atoms with Crippen LogP contribution in [0.15, 0.2) is 59.5 Å². The molecule has 1 aliphatic rings. The third-order valence-electron chi connectivity index (χ3n) is 4.16. The number of aliphatic hydroxyl groups is 2. The summed E-state index contributed by atoms with van der Waals surface area (Å²) in [4.78, 5) is 0.158. The van der Waals surface area contributed by atoms with Gasteiger partial charge in [0.25, 0.3) is 0 Å². The Morgan fingerprint density at radius 2 is 1.61 bits per heavy atom. The third-order valence-corrected chi connectivity index (χ3v) is 6.03. The maximum Gasteiger partial charge on any atom is 0.243 e. The fraction of sp³-hybridized carbons (Fsp3) is 0.294. The van der Waals surface area contributed by atoms with E-state index in [2.05, 4.69) is 0 Å². The number of nitrogens with zero attached hydrogens (tertiary/aromatic N) is 1. The van der Waals surface area contributed by atoms with Gasteiger partial charge in [0.05, 0.1) is 17.0 Å². The monoisotopic (exact) mass is 333 g/mol. The smallest absolute Gasteiger partial charge is 0.243 e. The van der Waals surface area contributed by atoms with E-state index in [9.17, 15) is 18.6 Å². The highest BCUT2D eigenvalue weighted by atomic mass is 32.2. The van der Waals surface area contributed by atoms with Crippen LogP contribution in [0.3, 0.4) is 0 Å². The molecule has 0 unspecified atom stereocenters. The van der Waals surface area contributed by atoms with Gasteiger partial charge in [0.2, 0.25) is 10.0 Å². The fourth-order valence-corrected chi connectivity index (χ4v) is 4.54. The van der Waals surface area contributed by atoms with E-state index in [0.29, 0.717) is 5.56 Å². The maximum absolute atomic E-state index is 12.9. The highest BCUT2D eigenvalue weighted by Crippen LogP contribution is 2.37. The summed E-state index contributed by atoms with van der Waals surface area (Å²) in [6.07, 6.45) is -2.27. The molecule has 3 atom stereocenters. The fourth-order valence-electron chi connectivity index (χ4n) is 2.89. The number of hydrogen-bond acceptors (Lipinski definition) is 4. The van der Waals surface area contributed by atoms with E-state index >= 15 is 0 Å². The van der Waals surface area contributed by atoms with Crippen LogP contribution in [-0.2, 0) is 10.0 Å². The third kappa shape index (κ3) is 2.90. The van der Waals surface area contributed by atoms with Crippen molar-refractivity contribution in [2.45, 2.75) is 30.1 Å². The van der Waals surface area contributed by atoms with Gasteiger partial charge < -0.3 is 10.2 Å². The second-order valence-electron chi connectivity index (χ2n) is 5.80. The molecule has 5 nitrogen and oxygen atoms in total. The van der Waals surface area contributed by atoms with E-state index < -0.39 is 28.3 Å². The van der Waals surface area contributed by atoms with Crippen molar-refractivity contribution in [3.8, 4) is 0 Å². The SMILES string of the molecule is Cc1ccc(S(=O)(=O)N2C[C@H](O)[C@H](O)[C@H]2c2ccccc2)cc1. The van der Waals surface area contributed by atoms with Crippen LogP contribution in [0.25, 0.3) is 0 Å². The highest BCUT2D eigenvalue weighted by molar-refractivity contribution is 7.89. The highest BCUT2D eigenvalue weighted by Gasteiger charge is 2.46. The first-order chi connectivity index (χ1) is 10.9. The minimum absolute atomic E-state index is 0.128. The zero-order chi connectivity index (χ0) is 16.6. The van der Waals surface area contributed by atoms with Gasteiger partial charge in [-0.3, -0.25) is 0 Å². The molecule has 2 aromatic carbocycles. The Labute approximate surface area is 135 Å². The van der Waals surface area contributed by atoms with Crippen molar-refractivity contribution in [1.82, 2.24) is 4.31 Å². The molecule has 3 rings (SSSR count). The summed E-state index contributed by atoms with van der Waals surface area (Å²) in [5.74, 6) is 0. The summed E-state index contributed by atoms with van der Waals surface area (Å²) in [6.45, 7) is 1.75. The van der Waals surface area contributed by atoms with Gasteiger partial charge in [0.1, 0.15) is 6.10 Å². The van der Waals surface area contributed by atoms with Gasteiger partial charge in [0, 0.05) is 6.54 Å². The van der Waals surface area contributed by atoms with Crippen LogP contribution >= 0.6 is 0 Å². The average Bonchev–Trinajstić information content (AvgIpc) is 2.85. The summed E-state index contributed by atoms with van der Waals surface area (Å²) < 4.78 is 27.0. The molecule has 0 spiro atoms. The molecule has 1 aliphatic heterocycles. The second kappa shape index (κ2) is 6.05. The lowest BCUT2D eigenvalue weighted by Gasteiger charge is -2.25. The van der Waals surface area contributed by atoms with E-state index in [0.717, 1.165) is 5.56 Å². The van der Waals surface area contributed by atoms with Gasteiger partial charge in [-0.05, 0) is 24.6 Å². The van der Waals surface area contributed by atoms with Crippen molar-refractivity contribution in [2.24, 2.45) is 0 Å². The predicted molar refractivity (Wildman–Crippen MR) is 86.3 cm³/mol. The van der Waals surface area contributed by atoms with Crippen molar-refractivity contribution in [3.05, 3.63) is 65.7 Å². The van der Waals surface area contributed by atoms with Crippen molar-refractivity contribution in [1.29, 1.82) is 0 Å². The summed E-state index contributed by atoms with van der Waals surface area (Å²) in [5.41, 5.74) is 1.62. The number of β-amino-alcohol motifs (C(OH)–C–C–N with tert-alkyl or cyclic N) is 1. The number of benzene rings is 2. The Morgan fingerprint density at radius 3 is 2.22 bits per heavy atom. The normalized spacial score (nSPS) is 25.6. The minimum atomic E-state index is -3.81. The Hall–Kier alpha value is -1.73. The van der Waals surface area contributed by atoms with E-state index in [-0.39, 0.29) is 11.4 Å². The predicted octanol–water partition coefficient (Wildman–Crippen LogP) is 1.46. The zero-order valence-electron chi connectivity index (χ0n) is 12.7. The molecule has 6 heteroatoms. The van der Waals surface area contributed by atoms with Crippen LogP contribution in [0.5, 0.6) is 0 Å². The lowest BCUT2D eigenvalue weighted by molar-refractivity contribution is 0.0392. The van der Waals surface area contributed by atoms with Crippen molar-refractivity contribution in [2.75, 3.05) is 6.54 Å². The van der Waals surface area contributed by atoms with Crippen LogP contribution in [0, 0.1) is 6.92 Å². The Balaban J connectivity index is 2.04.